The van der Waals surface area contributed by atoms with Crippen LogP contribution in [0.5, 0.6) is 0 Å². The van der Waals surface area contributed by atoms with Crippen LogP contribution in [-0.2, 0) is 6.42 Å². The Morgan fingerprint density at radius 3 is 2.75 bits per heavy atom. The van der Waals surface area contributed by atoms with Crippen molar-refractivity contribution in [2.24, 2.45) is 5.92 Å². The van der Waals surface area contributed by atoms with Gasteiger partial charge >= 0.3 is 0 Å². The second kappa shape index (κ2) is 3.70. The van der Waals surface area contributed by atoms with Crippen LogP contribution in [0.25, 0.3) is 0 Å². The second-order valence-electron chi connectivity index (χ2n) is 3.53. The fraction of sp³-hybridized carbons (Fsp3) is 0.455. The SMILES string of the molecule is [CH](Cc1ccncc1)CC1CC1. The molecule has 1 heterocycles. The number of hydrogen-bond donors (Lipinski definition) is 0. The zero-order valence-electron chi connectivity index (χ0n) is 7.24. The third kappa shape index (κ3) is 2.33. The average Bonchev–Trinajstić information content (AvgIpc) is 2.90. The maximum Gasteiger partial charge on any atom is 0.0270 e. The van der Waals surface area contributed by atoms with Gasteiger partial charge in [-0.25, -0.2) is 0 Å². The molecule has 0 atom stereocenters. The van der Waals surface area contributed by atoms with Crippen LogP contribution >= 0.6 is 0 Å². The fourth-order valence-electron chi connectivity index (χ4n) is 1.36. The standard InChI is InChI=1S/C11H14N/c1(2-10-4-5-10)3-11-6-8-12-9-7-11/h1,6-10H,2-5H2. The lowest BCUT2D eigenvalue weighted by molar-refractivity contribution is 0.790. The summed E-state index contributed by atoms with van der Waals surface area (Å²) in [6.07, 6.45) is 11.4. The lowest BCUT2D eigenvalue weighted by Gasteiger charge is -1.98. The number of aromatic nitrogens is 1. The van der Waals surface area contributed by atoms with Gasteiger partial charge in [0, 0.05) is 12.4 Å². The van der Waals surface area contributed by atoms with Gasteiger partial charge in [0.1, 0.15) is 0 Å². The van der Waals surface area contributed by atoms with Crippen LogP contribution in [0.15, 0.2) is 24.5 Å². The highest BCUT2D eigenvalue weighted by Gasteiger charge is 2.19. The second-order valence-corrected chi connectivity index (χ2v) is 3.53. The van der Waals surface area contributed by atoms with E-state index in [9.17, 15) is 0 Å². The number of pyridine rings is 1. The summed E-state index contributed by atoms with van der Waals surface area (Å²) in [5.41, 5.74) is 1.38. The van der Waals surface area contributed by atoms with Crippen LogP contribution in [0, 0.1) is 12.3 Å². The van der Waals surface area contributed by atoms with E-state index in [0.29, 0.717) is 0 Å². The summed E-state index contributed by atoms with van der Waals surface area (Å²) in [5, 5.41) is 0. The Bertz CT molecular complexity index is 226. The molecular formula is C11H14N. The number of nitrogens with zero attached hydrogens (tertiary/aromatic N) is 1. The summed E-state index contributed by atoms with van der Waals surface area (Å²) < 4.78 is 0. The average molecular weight is 160 g/mol. The Morgan fingerprint density at radius 2 is 2.08 bits per heavy atom. The molecule has 0 N–H and O–H groups in total. The molecular weight excluding hydrogens is 146 g/mol. The van der Waals surface area contributed by atoms with E-state index in [1.807, 2.05) is 12.4 Å². The highest BCUT2D eigenvalue weighted by molar-refractivity contribution is 5.12. The summed E-state index contributed by atoms with van der Waals surface area (Å²) in [6.45, 7) is 0. The van der Waals surface area contributed by atoms with Gasteiger partial charge in [0.25, 0.3) is 0 Å². The first-order valence-electron chi connectivity index (χ1n) is 4.66. The largest absolute Gasteiger partial charge is 0.265 e. The normalized spacial score (nSPS) is 16.3. The minimum absolute atomic E-state index is 1.02. The summed E-state index contributed by atoms with van der Waals surface area (Å²) in [6, 6.07) is 4.17. The van der Waals surface area contributed by atoms with Gasteiger partial charge in [0.2, 0.25) is 0 Å². The van der Waals surface area contributed by atoms with Gasteiger partial charge in [0.15, 0.2) is 0 Å². The zero-order chi connectivity index (χ0) is 8.23. The van der Waals surface area contributed by atoms with E-state index >= 15 is 0 Å². The van der Waals surface area contributed by atoms with Crippen molar-refractivity contribution >= 4 is 0 Å². The van der Waals surface area contributed by atoms with Crippen LogP contribution in [0.3, 0.4) is 0 Å². The third-order valence-corrected chi connectivity index (χ3v) is 2.33. The monoisotopic (exact) mass is 160 g/mol. The maximum atomic E-state index is 3.99. The van der Waals surface area contributed by atoms with Gasteiger partial charge in [-0.1, -0.05) is 12.8 Å². The molecule has 1 fully saturated rings. The van der Waals surface area contributed by atoms with Gasteiger partial charge in [-0.05, 0) is 42.9 Å². The molecule has 1 nitrogen and oxygen atoms in total. The molecule has 1 saturated carbocycles. The molecule has 0 spiro atoms. The highest BCUT2D eigenvalue weighted by Crippen LogP contribution is 2.33. The fourth-order valence-corrected chi connectivity index (χ4v) is 1.36. The topological polar surface area (TPSA) is 12.9 Å². The van der Waals surface area contributed by atoms with Crippen molar-refractivity contribution in [2.75, 3.05) is 0 Å². The molecule has 63 valence electrons. The summed E-state index contributed by atoms with van der Waals surface area (Å²) in [7, 11) is 0. The summed E-state index contributed by atoms with van der Waals surface area (Å²) >= 11 is 0. The summed E-state index contributed by atoms with van der Waals surface area (Å²) in [4.78, 5) is 3.99. The smallest absolute Gasteiger partial charge is 0.0270 e. The highest BCUT2D eigenvalue weighted by atomic mass is 14.6. The molecule has 1 radical (unpaired) electrons. The van der Waals surface area contributed by atoms with Crippen molar-refractivity contribution in [2.45, 2.75) is 25.7 Å². The van der Waals surface area contributed by atoms with Crippen LogP contribution in [0.2, 0.25) is 0 Å². The molecule has 1 aliphatic carbocycles. The summed E-state index contributed by atoms with van der Waals surface area (Å²) in [5.74, 6) is 1.02. The van der Waals surface area contributed by atoms with Gasteiger partial charge in [-0.3, -0.25) is 4.98 Å². The molecule has 1 aromatic heterocycles. The Morgan fingerprint density at radius 1 is 1.33 bits per heavy atom. The van der Waals surface area contributed by atoms with E-state index in [0.717, 1.165) is 12.3 Å². The minimum atomic E-state index is 1.02. The van der Waals surface area contributed by atoms with Crippen LogP contribution < -0.4 is 0 Å². The minimum Gasteiger partial charge on any atom is -0.265 e. The molecule has 0 saturated heterocycles. The van der Waals surface area contributed by atoms with Crippen LogP contribution in [0.4, 0.5) is 0 Å². The molecule has 0 amide bonds. The van der Waals surface area contributed by atoms with E-state index in [1.165, 1.54) is 24.8 Å². The maximum absolute atomic E-state index is 3.99. The third-order valence-electron chi connectivity index (χ3n) is 2.33. The first kappa shape index (κ1) is 7.78. The van der Waals surface area contributed by atoms with Gasteiger partial charge < -0.3 is 0 Å². The molecule has 0 aliphatic heterocycles. The van der Waals surface area contributed by atoms with Crippen molar-refractivity contribution in [1.29, 1.82) is 0 Å². The Kier molecular flexibility index (Phi) is 2.40. The molecule has 0 aromatic carbocycles. The number of rotatable bonds is 4. The lowest BCUT2D eigenvalue weighted by atomic mass is 10.1. The lowest BCUT2D eigenvalue weighted by Crippen LogP contribution is -1.87. The molecule has 2 rings (SSSR count). The van der Waals surface area contributed by atoms with Gasteiger partial charge in [-0.15, -0.1) is 0 Å². The van der Waals surface area contributed by atoms with E-state index in [1.54, 1.807) is 0 Å². The van der Waals surface area contributed by atoms with E-state index in [2.05, 4.69) is 23.5 Å². The molecule has 12 heavy (non-hydrogen) atoms. The Balaban J connectivity index is 1.72. The Labute approximate surface area is 73.8 Å². The van der Waals surface area contributed by atoms with Crippen molar-refractivity contribution in [1.82, 2.24) is 4.98 Å². The molecule has 0 bridgehead atoms. The molecule has 1 heteroatoms. The van der Waals surface area contributed by atoms with Crippen molar-refractivity contribution < 1.29 is 0 Å². The van der Waals surface area contributed by atoms with Crippen LogP contribution in [-0.4, -0.2) is 4.98 Å². The van der Waals surface area contributed by atoms with Gasteiger partial charge in [0.05, 0.1) is 0 Å². The first-order chi connectivity index (χ1) is 5.95. The van der Waals surface area contributed by atoms with Crippen molar-refractivity contribution in [3.05, 3.63) is 36.5 Å². The van der Waals surface area contributed by atoms with Gasteiger partial charge in [-0.2, -0.15) is 0 Å². The predicted octanol–water partition coefficient (Wildman–Crippen LogP) is 2.63. The van der Waals surface area contributed by atoms with Crippen molar-refractivity contribution in [3.63, 3.8) is 0 Å². The Hall–Kier alpha value is -0.850. The van der Waals surface area contributed by atoms with E-state index in [-0.39, 0.29) is 0 Å². The number of hydrogen-bond acceptors (Lipinski definition) is 1. The quantitative estimate of drug-likeness (QED) is 0.659. The van der Waals surface area contributed by atoms with Crippen molar-refractivity contribution in [3.8, 4) is 0 Å². The molecule has 0 unspecified atom stereocenters. The zero-order valence-corrected chi connectivity index (χ0v) is 7.24. The molecule has 1 aliphatic rings. The van der Waals surface area contributed by atoms with Crippen LogP contribution in [0.1, 0.15) is 24.8 Å². The van der Waals surface area contributed by atoms with E-state index < -0.39 is 0 Å². The van der Waals surface area contributed by atoms with E-state index in [4.69, 9.17) is 0 Å². The molecule has 1 aromatic rings. The predicted molar refractivity (Wildman–Crippen MR) is 49.6 cm³/mol. The first-order valence-corrected chi connectivity index (χ1v) is 4.66.